The standard InChI is InChI=1S/C13H20O2/c1-4-6-7-15-13-8-10(3)12(14)9-11(13)5-2/h8-9,14H,4-7H2,1-3H3. The van der Waals surface area contributed by atoms with E-state index in [-0.39, 0.29) is 0 Å². The largest absolute Gasteiger partial charge is 0.508 e. The molecule has 0 aromatic heterocycles. The number of benzene rings is 1. The highest BCUT2D eigenvalue weighted by Crippen LogP contribution is 2.28. The lowest BCUT2D eigenvalue weighted by Crippen LogP contribution is -2.00. The molecular weight excluding hydrogens is 188 g/mol. The fourth-order valence-corrected chi connectivity index (χ4v) is 1.45. The van der Waals surface area contributed by atoms with Gasteiger partial charge in [0.05, 0.1) is 6.61 Å². The van der Waals surface area contributed by atoms with E-state index in [1.54, 1.807) is 6.07 Å². The van der Waals surface area contributed by atoms with Crippen molar-refractivity contribution in [3.05, 3.63) is 23.3 Å². The lowest BCUT2D eigenvalue weighted by atomic mass is 10.1. The number of hydrogen-bond donors (Lipinski definition) is 1. The maximum absolute atomic E-state index is 9.57. The van der Waals surface area contributed by atoms with Crippen molar-refractivity contribution in [3.8, 4) is 11.5 Å². The van der Waals surface area contributed by atoms with Crippen LogP contribution in [0.5, 0.6) is 11.5 Å². The second-order valence-corrected chi connectivity index (χ2v) is 3.80. The van der Waals surface area contributed by atoms with Gasteiger partial charge in [-0.2, -0.15) is 0 Å². The Kier molecular flexibility index (Phi) is 4.47. The van der Waals surface area contributed by atoms with Gasteiger partial charge < -0.3 is 9.84 Å². The Hall–Kier alpha value is -1.18. The third-order valence-electron chi connectivity index (χ3n) is 2.52. The number of phenolic OH excluding ortho intramolecular Hbond substituents is 1. The molecule has 15 heavy (non-hydrogen) atoms. The Labute approximate surface area is 91.9 Å². The summed E-state index contributed by atoms with van der Waals surface area (Å²) in [6.07, 6.45) is 3.09. The van der Waals surface area contributed by atoms with E-state index in [9.17, 15) is 5.11 Å². The molecule has 2 nitrogen and oxygen atoms in total. The second kappa shape index (κ2) is 5.64. The number of unbranched alkanes of at least 4 members (excludes halogenated alkanes) is 1. The zero-order valence-electron chi connectivity index (χ0n) is 9.84. The van der Waals surface area contributed by atoms with Crippen LogP contribution in [0.25, 0.3) is 0 Å². The first-order valence-electron chi connectivity index (χ1n) is 5.64. The highest BCUT2D eigenvalue weighted by atomic mass is 16.5. The summed E-state index contributed by atoms with van der Waals surface area (Å²) in [6.45, 7) is 6.86. The summed E-state index contributed by atoms with van der Waals surface area (Å²) in [6, 6.07) is 3.72. The minimum atomic E-state index is 0.356. The summed E-state index contributed by atoms with van der Waals surface area (Å²) in [4.78, 5) is 0. The maximum Gasteiger partial charge on any atom is 0.122 e. The molecule has 0 aliphatic carbocycles. The van der Waals surface area contributed by atoms with Crippen LogP contribution in [0.4, 0.5) is 0 Å². The number of aromatic hydroxyl groups is 1. The molecule has 0 bridgehead atoms. The van der Waals surface area contributed by atoms with Crippen molar-refractivity contribution in [2.45, 2.75) is 40.0 Å². The van der Waals surface area contributed by atoms with Crippen LogP contribution in [0.3, 0.4) is 0 Å². The minimum Gasteiger partial charge on any atom is -0.508 e. The molecule has 1 N–H and O–H groups in total. The first kappa shape index (κ1) is 11.9. The molecule has 0 unspecified atom stereocenters. The van der Waals surface area contributed by atoms with Crippen molar-refractivity contribution in [3.63, 3.8) is 0 Å². The SMILES string of the molecule is CCCCOc1cc(C)c(O)cc1CC. The summed E-state index contributed by atoms with van der Waals surface area (Å²) in [5.41, 5.74) is 1.95. The van der Waals surface area contributed by atoms with Crippen molar-refractivity contribution in [1.29, 1.82) is 0 Å². The van der Waals surface area contributed by atoms with Crippen LogP contribution in [0.1, 0.15) is 37.8 Å². The lowest BCUT2D eigenvalue weighted by Gasteiger charge is -2.12. The van der Waals surface area contributed by atoms with E-state index in [0.29, 0.717) is 5.75 Å². The molecular formula is C13H20O2. The molecule has 0 saturated heterocycles. The van der Waals surface area contributed by atoms with E-state index in [1.165, 1.54) is 0 Å². The van der Waals surface area contributed by atoms with Gasteiger partial charge in [0.1, 0.15) is 11.5 Å². The first-order chi connectivity index (χ1) is 7.19. The Balaban J connectivity index is 2.80. The van der Waals surface area contributed by atoms with Crippen molar-refractivity contribution in [2.75, 3.05) is 6.61 Å². The molecule has 1 aromatic carbocycles. The quantitative estimate of drug-likeness (QED) is 0.751. The van der Waals surface area contributed by atoms with Crippen LogP contribution in [0, 0.1) is 6.92 Å². The predicted molar refractivity (Wildman–Crippen MR) is 62.6 cm³/mol. The number of rotatable bonds is 5. The fourth-order valence-electron chi connectivity index (χ4n) is 1.45. The summed E-state index contributed by atoms with van der Waals surface area (Å²) in [5, 5.41) is 9.57. The van der Waals surface area contributed by atoms with E-state index in [4.69, 9.17) is 4.74 Å². The summed E-state index contributed by atoms with van der Waals surface area (Å²) < 4.78 is 5.69. The molecule has 1 aromatic rings. The van der Waals surface area contributed by atoms with E-state index in [1.807, 2.05) is 13.0 Å². The van der Waals surface area contributed by atoms with Crippen LogP contribution in [0.15, 0.2) is 12.1 Å². The number of hydrogen-bond acceptors (Lipinski definition) is 2. The van der Waals surface area contributed by atoms with Gasteiger partial charge in [-0.3, -0.25) is 0 Å². The summed E-state index contributed by atoms with van der Waals surface area (Å²) in [7, 11) is 0. The van der Waals surface area contributed by atoms with Crippen LogP contribution >= 0.6 is 0 Å². The van der Waals surface area contributed by atoms with Crippen molar-refractivity contribution < 1.29 is 9.84 Å². The van der Waals surface area contributed by atoms with Gasteiger partial charge >= 0.3 is 0 Å². The molecule has 1 rings (SSSR count). The van der Waals surface area contributed by atoms with Gasteiger partial charge in [0.15, 0.2) is 0 Å². The minimum absolute atomic E-state index is 0.356. The van der Waals surface area contributed by atoms with Crippen LogP contribution in [-0.2, 0) is 6.42 Å². The molecule has 0 amide bonds. The Morgan fingerprint density at radius 3 is 2.60 bits per heavy atom. The van der Waals surface area contributed by atoms with Crippen molar-refractivity contribution in [2.24, 2.45) is 0 Å². The van der Waals surface area contributed by atoms with Gasteiger partial charge in [0.2, 0.25) is 0 Å². The van der Waals surface area contributed by atoms with Crippen LogP contribution < -0.4 is 4.74 Å². The molecule has 84 valence electrons. The van der Waals surface area contributed by atoms with Crippen LogP contribution in [0.2, 0.25) is 0 Å². The van der Waals surface area contributed by atoms with E-state index < -0.39 is 0 Å². The number of aryl methyl sites for hydroxylation is 2. The summed E-state index contributed by atoms with van der Waals surface area (Å²) in [5.74, 6) is 1.27. The highest BCUT2D eigenvalue weighted by Gasteiger charge is 2.06. The smallest absolute Gasteiger partial charge is 0.122 e. The Morgan fingerprint density at radius 2 is 2.00 bits per heavy atom. The molecule has 0 heterocycles. The van der Waals surface area contributed by atoms with E-state index in [2.05, 4.69) is 13.8 Å². The molecule has 0 atom stereocenters. The predicted octanol–water partition coefficient (Wildman–Crippen LogP) is 3.44. The average Bonchev–Trinajstić information content (AvgIpc) is 2.23. The highest BCUT2D eigenvalue weighted by molar-refractivity contribution is 5.45. The molecule has 0 aliphatic rings. The maximum atomic E-state index is 9.57. The van der Waals surface area contributed by atoms with Gasteiger partial charge in [0, 0.05) is 0 Å². The monoisotopic (exact) mass is 208 g/mol. The molecule has 0 spiro atoms. The van der Waals surface area contributed by atoms with Gasteiger partial charge in [-0.25, -0.2) is 0 Å². The Bertz CT molecular complexity index is 319. The summed E-state index contributed by atoms with van der Waals surface area (Å²) >= 11 is 0. The lowest BCUT2D eigenvalue weighted by molar-refractivity contribution is 0.305. The molecule has 0 aliphatic heterocycles. The molecule has 0 radical (unpaired) electrons. The van der Waals surface area contributed by atoms with Crippen LogP contribution in [-0.4, -0.2) is 11.7 Å². The zero-order chi connectivity index (χ0) is 11.3. The van der Waals surface area contributed by atoms with Gasteiger partial charge in [-0.15, -0.1) is 0 Å². The second-order valence-electron chi connectivity index (χ2n) is 3.80. The van der Waals surface area contributed by atoms with Gasteiger partial charge in [-0.05, 0) is 43.0 Å². The molecule has 0 fully saturated rings. The van der Waals surface area contributed by atoms with E-state index in [0.717, 1.165) is 42.7 Å². The topological polar surface area (TPSA) is 29.5 Å². The van der Waals surface area contributed by atoms with Gasteiger partial charge in [-0.1, -0.05) is 20.3 Å². The molecule has 0 saturated carbocycles. The van der Waals surface area contributed by atoms with E-state index >= 15 is 0 Å². The van der Waals surface area contributed by atoms with Gasteiger partial charge in [0.25, 0.3) is 0 Å². The third-order valence-corrected chi connectivity index (χ3v) is 2.52. The fraction of sp³-hybridized carbons (Fsp3) is 0.538. The zero-order valence-corrected chi connectivity index (χ0v) is 9.84. The van der Waals surface area contributed by atoms with Crippen molar-refractivity contribution >= 4 is 0 Å². The number of ether oxygens (including phenoxy) is 1. The third kappa shape index (κ3) is 3.15. The Morgan fingerprint density at radius 1 is 1.27 bits per heavy atom. The average molecular weight is 208 g/mol. The van der Waals surface area contributed by atoms with Crippen molar-refractivity contribution in [1.82, 2.24) is 0 Å². The number of phenols is 1. The first-order valence-corrected chi connectivity index (χ1v) is 5.64. The molecule has 2 heteroatoms. The normalized spacial score (nSPS) is 10.3.